The van der Waals surface area contributed by atoms with Gasteiger partial charge in [-0.2, -0.15) is 0 Å². The minimum Gasteiger partial charge on any atom is -0.402 e. The van der Waals surface area contributed by atoms with Crippen LogP contribution in [0.5, 0.6) is 0 Å². The van der Waals surface area contributed by atoms with Gasteiger partial charge in [-0.05, 0) is 96.9 Å². The van der Waals surface area contributed by atoms with Crippen molar-refractivity contribution in [3.05, 3.63) is 99.4 Å². The highest BCUT2D eigenvalue weighted by Crippen LogP contribution is 2.50. The Labute approximate surface area is 226 Å². The number of hydrogen-bond donors (Lipinski definition) is 0. The molecule has 7 rings (SSSR count). The quantitative estimate of drug-likeness (QED) is 0.184. The number of hydrogen-bond acceptors (Lipinski definition) is 3. The molecule has 36 heavy (non-hydrogen) atoms. The van der Waals surface area contributed by atoms with Crippen LogP contribution in [0.25, 0.3) is 43.5 Å². The van der Waals surface area contributed by atoms with Gasteiger partial charge in [0.1, 0.15) is 0 Å². The van der Waals surface area contributed by atoms with E-state index in [9.17, 15) is 0 Å². The summed E-state index contributed by atoms with van der Waals surface area (Å²) in [7, 11) is -1.49. The second-order valence-corrected chi connectivity index (χ2v) is 12.3. The van der Waals surface area contributed by atoms with Gasteiger partial charge in [0.15, 0.2) is 11.2 Å². The van der Waals surface area contributed by atoms with E-state index in [1.54, 1.807) is 0 Å². The van der Waals surface area contributed by atoms with Gasteiger partial charge in [-0.3, -0.25) is 4.67 Å². The lowest BCUT2D eigenvalue weighted by Crippen LogP contribution is -2.30. The van der Waals surface area contributed by atoms with Gasteiger partial charge in [0.25, 0.3) is 0 Å². The van der Waals surface area contributed by atoms with Crippen molar-refractivity contribution in [1.82, 2.24) is 0 Å². The Kier molecular flexibility index (Phi) is 5.43. The molecule has 1 aromatic heterocycles. The topological polar surface area (TPSA) is 29.5 Å². The zero-order valence-corrected chi connectivity index (χ0v) is 23.6. The number of anilines is 1. The molecule has 0 bridgehead atoms. The number of rotatable bonds is 1. The average Bonchev–Trinajstić information content (AvgIpc) is 3.08. The van der Waals surface area contributed by atoms with Gasteiger partial charge < -0.3 is 8.39 Å². The van der Waals surface area contributed by atoms with Gasteiger partial charge in [0.2, 0.25) is 0 Å². The zero-order chi connectivity index (χ0) is 24.4. The lowest BCUT2D eigenvalue weighted by Gasteiger charge is -2.33. The Bertz CT molecular complexity index is 1760. The number of halogens is 2. The molecule has 0 unspecified atom stereocenters. The summed E-state index contributed by atoms with van der Waals surface area (Å²) in [5.41, 5.74) is 4.19. The van der Waals surface area contributed by atoms with Crippen molar-refractivity contribution in [2.75, 3.05) is 4.67 Å². The monoisotopic (exact) mass is 617 g/mol. The van der Waals surface area contributed by atoms with Gasteiger partial charge >= 0.3 is 8.16 Å². The maximum Gasteiger partial charge on any atom is 0.342 e. The molecule has 178 valence electrons. The maximum atomic E-state index is 6.95. The summed E-state index contributed by atoms with van der Waals surface area (Å²) in [6.45, 7) is 2.27. The predicted molar refractivity (Wildman–Crippen MR) is 159 cm³/mol. The molecular weight excluding hydrogens is 597 g/mol. The molecule has 0 amide bonds. The fourth-order valence-corrected chi connectivity index (χ4v) is 8.46. The molecule has 2 heterocycles. The summed E-state index contributed by atoms with van der Waals surface area (Å²) in [5.74, 6) is 0. The van der Waals surface area contributed by atoms with Crippen LogP contribution in [0.15, 0.2) is 102 Å². The minimum atomic E-state index is -1.49. The lowest BCUT2D eigenvalue weighted by atomic mass is 9.99. The standard InChI is InChI=1S/C30H22Br2NO2P/c1-18-14-15-19-8-4-7-13-26(19)33(18)36-34-29-24(31)16-20-9-2-5-11-22(20)27(29)28-23-12-6-3-10-21(23)17-25(32)30(28)35-36/h2-13,16-18H,14-15H2,1H3/t18-/m1/s1. The van der Waals surface area contributed by atoms with E-state index >= 15 is 0 Å². The Morgan fingerprint density at radius 3 is 1.89 bits per heavy atom. The number of nitrogens with zero attached hydrogens (tertiary/aromatic N) is 1. The third-order valence-corrected chi connectivity index (χ3v) is 9.98. The van der Waals surface area contributed by atoms with Crippen LogP contribution in [-0.4, -0.2) is 6.04 Å². The first-order chi connectivity index (χ1) is 17.6. The Morgan fingerprint density at radius 1 is 0.750 bits per heavy atom. The normalized spacial score (nSPS) is 15.6. The Balaban J connectivity index is 1.73. The van der Waals surface area contributed by atoms with Crippen molar-refractivity contribution in [2.45, 2.75) is 25.8 Å². The molecule has 0 radical (unpaired) electrons. The van der Waals surface area contributed by atoms with Gasteiger partial charge in [-0.25, -0.2) is 0 Å². The Hall–Kier alpha value is -2.72. The third kappa shape index (κ3) is 3.44. The molecule has 0 aliphatic carbocycles. The molecule has 0 saturated carbocycles. The first-order valence-corrected chi connectivity index (χ1v) is 14.8. The molecule has 1 aliphatic heterocycles. The Morgan fingerprint density at radius 2 is 1.28 bits per heavy atom. The summed E-state index contributed by atoms with van der Waals surface area (Å²) in [4.78, 5) is 0. The van der Waals surface area contributed by atoms with Crippen LogP contribution in [0.1, 0.15) is 18.9 Å². The summed E-state index contributed by atoms with van der Waals surface area (Å²) in [6, 6.07) is 30.2. The van der Waals surface area contributed by atoms with E-state index in [4.69, 9.17) is 8.39 Å². The maximum absolute atomic E-state index is 6.95. The van der Waals surface area contributed by atoms with Crippen LogP contribution in [0.3, 0.4) is 0 Å². The van der Waals surface area contributed by atoms with E-state index in [0.29, 0.717) is 0 Å². The first-order valence-electron chi connectivity index (χ1n) is 12.1. The van der Waals surface area contributed by atoms with E-state index in [-0.39, 0.29) is 6.04 Å². The summed E-state index contributed by atoms with van der Waals surface area (Å²) >= 11 is 7.74. The smallest absolute Gasteiger partial charge is 0.342 e. The van der Waals surface area contributed by atoms with Crippen molar-refractivity contribution in [1.29, 1.82) is 0 Å². The van der Waals surface area contributed by atoms with Crippen LogP contribution >= 0.6 is 40.0 Å². The van der Waals surface area contributed by atoms with E-state index < -0.39 is 8.16 Å². The molecule has 0 fully saturated rings. The van der Waals surface area contributed by atoms with Gasteiger partial charge in [0.05, 0.1) is 14.6 Å². The predicted octanol–water partition coefficient (Wildman–Crippen LogP) is 10.7. The van der Waals surface area contributed by atoms with Crippen molar-refractivity contribution < 1.29 is 8.39 Å². The van der Waals surface area contributed by atoms with Crippen molar-refractivity contribution in [2.24, 2.45) is 0 Å². The van der Waals surface area contributed by atoms with Crippen molar-refractivity contribution >= 4 is 89.2 Å². The number of benzene rings is 5. The fourth-order valence-electron chi connectivity index (χ4n) is 5.45. The van der Waals surface area contributed by atoms with Gasteiger partial charge in [0, 0.05) is 16.8 Å². The largest absolute Gasteiger partial charge is 0.402 e. The van der Waals surface area contributed by atoms with Crippen LogP contribution in [0.2, 0.25) is 0 Å². The second-order valence-electron chi connectivity index (χ2n) is 9.35. The first kappa shape index (κ1) is 22.5. The summed E-state index contributed by atoms with van der Waals surface area (Å²) in [6.07, 6.45) is 2.12. The fraction of sp³-hybridized carbons (Fsp3) is 0.133. The molecule has 1 aliphatic rings. The molecule has 3 nitrogen and oxygen atoms in total. The molecule has 0 saturated heterocycles. The molecular formula is C30H22Br2NO2P. The molecule has 1 atom stereocenters. The van der Waals surface area contributed by atoms with Crippen molar-refractivity contribution in [3.63, 3.8) is 0 Å². The number of para-hydroxylation sites is 1. The second kappa shape index (κ2) is 8.69. The molecule has 5 aromatic carbocycles. The highest BCUT2D eigenvalue weighted by molar-refractivity contribution is 9.11. The lowest BCUT2D eigenvalue weighted by molar-refractivity contribution is 0.584. The minimum absolute atomic E-state index is 0.287. The average molecular weight is 619 g/mol. The van der Waals surface area contributed by atoms with E-state index in [0.717, 1.165) is 65.3 Å². The number of fused-ring (bicyclic) bond motifs is 8. The SMILES string of the molecule is C[C@@H]1CCc2ccccc2N1p1oc2c(Br)cc3ccccc3c2c2c(o1)c(Br)cc1ccccc12. The highest BCUT2D eigenvalue weighted by atomic mass is 79.9. The van der Waals surface area contributed by atoms with E-state index in [1.807, 2.05) is 0 Å². The summed E-state index contributed by atoms with van der Waals surface area (Å²) < 4.78 is 18.1. The zero-order valence-electron chi connectivity index (χ0n) is 19.5. The van der Waals surface area contributed by atoms with Crippen LogP contribution in [-0.2, 0) is 6.42 Å². The van der Waals surface area contributed by atoms with E-state index in [1.165, 1.54) is 11.3 Å². The number of aryl methyl sites for hydroxylation is 1. The molecule has 6 heteroatoms. The third-order valence-electron chi connectivity index (χ3n) is 7.16. The van der Waals surface area contributed by atoms with Crippen molar-refractivity contribution in [3.8, 4) is 0 Å². The molecule has 0 N–H and O–H groups in total. The summed E-state index contributed by atoms with van der Waals surface area (Å²) in [5, 5.41) is 6.74. The van der Waals surface area contributed by atoms with Crippen LogP contribution < -0.4 is 4.67 Å². The van der Waals surface area contributed by atoms with Gasteiger partial charge in [-0.1, -0.05) is 66.7 Å². The van der Waals surface area contributed by atoms with Crippen LogP contribution in [0.4, 0.5) is 5.69 Å². The van der Waals surface area contributed by atoms with E-state index in [2.05, 4.69) is 128 Å². The molecule has 6 aromatic rings. The van der Waals surface area contributed by atoms with Crippen LogP contribution in [0, 0.1) is 0 Å². The molecule has 0 spiro atoms. The highest BCUT2D eigenvalue weighted by Gasteiger charge is 2.29. The van der Waals surface area contributed by atoms with Gasteiger partial charge in [-0.15, -0.1) is 0 Å².